The van der Waals surface area contributed by atoms with E-state index in [2.05, 4.69) is 10.5 Å². The van der Waals surface area contributed by atoms with Crippen LogP contribution in [0.1, 0.15) is 22.6 Å². The van der Waals surface area contributed by atoms with Crippen LogP contribution in [0, 0.1) is 31.0 Å². The molecule has 1 heterocycles. The van der Waals surface area contributed by atoms with Crippen molar-refractivity contribution in [1.29, 1.82) is 5.26 Å². The molecule has 0 saturated carbocycles. The summed E-state index contributed by atoms with van der Waals surface area (Å²) in [5, 5.41) is 15.4. The summed E-state index contributed by atoms with van der Waals surface area (Å²) in [5.74, 6) is 0.273. The van der Waals surface area contributed by atoms with Gasteiger partial charge in [0.2, 0.25) is 0 Å². The number of nitriles is 1. The van der Waals surface area contributed by atoms with Crippen molar-refractivity contribution in [2.45, 2.75) is 20.4 Å². The van der Waals surface area contributed by atoms with Gasteiger partial charge in [0, 0.05) is 12.1 Å². The zero-order valence-electron chi connectivity index (χ0n) is 10.1. The molecular weight excluding hydrogens is 233 g/mol. The zero-order chi connectivity index (χ0) is 13.1. The van der Waals surface area contributed by atoms with Crippen molar-refractivity contribution in [3.05, 3.63) is 46.6 Å². The van der Waals surface area contributed by atoms with Gasteiger partial charge in [0.1, 0.15) is 11.6 Å². The first-order chi connectivity index (χ1) is 8.61. The maximum absolute atomic E-state index is 13.6. The Hall–Kier alpha value is -2.35. The highest BCUT2D eigenvalue weighted by molar-refractivity contribution is 5.49. The SMILES string of the molecule is Cc1noc(C)c1CNc1ccc(C#N)cc1F. The van der Waals surface area contributed by atoms with Crippen LogP contribution in [0.5, 0.6) is 0 Å². The van der Waals surface area contributed by atoms with Crippen molar-refractivity contribution in [2.24, 2.45) is 0 Å². The van der Waals surface area contributed by atoms with Crippen LogP contribution in [0.2, 0.25) is 0 Å². The fraction of sp³-hybridized carbons (Fsp3) is 0.231. The third kappa shape index (κ3) is 2.33. The highest BCUT2D eigenvalue weighted by Crippen LogP contribution is 2.18. The molecule has 2 rings (SSSR count). The van der Waals surface area contributed by atoms with Gasteiger partial charge in [-0.2, -0.15) is 5.26 Å². The average Bonchev–Trinajstić information content (AvgIpc) is 2.68. The Balaban J connectivity index is 2.14. The lowest BCUT2D eigenvalue weighted by Crippen LogP contribution is -2.03. The summed E-state index contributed by atoms with van der Waals surface area (Å²) in [6.45, 7) is 4.08. The van der Waals surface area contributed by atoms with E-state index in [1.54, 1.807) is 12.1 Å². The highest BCUT2D eigenvalue weighted by Gasteiger charge is 2.10. The van der Waals surface area contributed by atoms with Crippen molar-refractivity contribution in [3.63, 3.8) is 0 Å². The molecule has 92 valence electrons. The molecule has 4 nitrogen and oxygen atoms in total. The summed E-state index contributed by atoms with van der Waals surface area (Å²) >= 11 is 0. The van der Waals surface area contributed by atoms with Crippen LogP contribution in [0.25, 0.3) is 0 Å². The lowest BCUT2D eigenvalue weighted by molar-refractivity contribution is 0.392. The van der Waals surface area contributed by atoms with Gasteiger partial charge < -0.3 is 9.84 Å². The minimum atomic E-state index is -0.444. The van der Waals surface area contributed by atoms with Crippen molar-refractivity contribution < 1.29 is 8.91 Å². The number of halogens is 1. The summed E-state index contributed by atoms with van der Waals surface area (Å²) in [6.07, 6.45) is 0. The number of benzene rings is 1. The first-order valence-corrected chi connectivity index (χ1v) is 5.47. The number of nitrogens with zero attached hydrogens (tertiary/aromatic N) is 2. The number of hydrogen-bond donors (Lipinski definition) is 1. The molecule has 0 atom stereocenters. The Morgan fingerprint density at radius 3 is 2.78 bits per heavy atom. The van der Waals surface area contributed by atoms with E-state index in [9.17, 15) is 4.39 Å². The predicted octanol–water partition coefficient (Wildman–Crippen LogP) is 2.91. The molecule has 18 heavy (non-hydrogen) atoms. The maximum Gasteiger partial charge on any atom is 0.147 e. The summed E-state index contributed by atoms with van der Waals surface area (Å²) in [6, 6.07) is 6.21. The average molecular weight is 245 g/mol. The maximum atomic E-state index is 13.6. The molecule has 0 radical (unpaired) electrons. The summed E-state index contributed by atoms with van der Waals surface area (Å²) in [5.41, 5.74) is 2.36. The lowest BCUT2D eigenvalue weighted by atomic mass is 10.2. The quantitative estimate of drug-likeness (QED) is 0.903. The van der Waals surface area contributed by atoms with Crippen LogP contribution in [0.4, 0.5) is 10.1 Å². The highest BCUT2D eigenvalue weighted by atomic mass is 19.1. The normalized spacial score (nSPS) is 10.1. The zero-order valence-corrected chi connectivity index (χ0v) is 10.1. The van der Waals surface area contributed by atoms with E-state index >= 15 is 0 Å². The van der Waals surface area contributed by atoms with Crippen LogP contribution in [-0.4, -0.2) is 5.16 Å². The molecule has 0 aliphatic rings. The molecule has 2 aromatic rings. The molecule has 0 spiro atoms. The van der Waals surface area contributed by atoms with Crippen LogP contribution in [0.15, 0.2) is 22.7 Å². The molecular formula is C13H12FN3O. The summed E-state index contributed by atoms with van der Waals surface area (Å²) in [7, 11) is 0. The van der Waals surface area contributed by atoms with Gasteiger partial charge in [-0.15, -0.1) is 0 Å². The van der Waals surface area contributed by atoms with E-state index in [1.807, 2.05) is 19.9 Å². The van der Waals surface area contributed by atoms with Gasteiger partial charge in [0.25, 0.3) is 0 Å². The van der Waals surface area contributed by atoms with Crippen LogP contribution >= 0.6 is 0 Å². The van der Waals surface area contributed by atoms with Gasteiger partial charge >= 0.3 is 0 Å². The second-order valence-corrected chi connectivity index (χ2v) is 3.96. The Morgan fingerprint density at radius 1 is 1.44 bits per heavy atom. The third-order valence-electron chi connectivity index (χ3n) is 2.74. The van der Waals surface area contributed by atoms with E-state index in [1.165, 1.54) is 6.07 Å². The fourth-order valence-electron chi connectivity index (χ4n) is 1.67. The molecule has 0 amide bonds. The van der Waals surface area contributed by atoms with Gasteiger partial charge in [-0.1, -0.05) is 5.16 Å². The van der Waals surface area contributed by atoms with Gasteiger partial charge in [0.05, 0.1) is 23.0 Å². The number of anilines is 1. The third-order valence-corrected chi connectivity index (χ3v) is 2.74. The van der Waals surface area contributed by atoms with Crippen LogP contribution < -0.4 is 5.32 Å². The van der Waals surface area contributed by atoms with E-state index in [4.69, 9.17) is 9.78 Å². The largest absolute Gasteiger partial charge is 0.378 e. The smallest absolute Gasteiger partial charge is 0.147 e. The molecule has 1 aromatic carbocycles. The predicted molar refractivity (Wildman–Crippen MR) is 64.4 cm³/mol. The number of hydrogen-bond acceptors (Lipinski definition) is 4. The van der Waals surface area contributed by atoms with E-state index in [0.717, 1.165) is 11.3 Å². The standard InChI is InChI=1S/C13H12FN3O/c1-8-11(9(2)18-17-8)7-16-13-4-3-10(6-15)5-12(13)14/h3-5,16H,7H2,1-2H3. The van der Waals surface area contributed by atoms with Crippen molar-refractivity contribution >= 4 is 5.69 Å². The lowest BCUT2D eigenvalue weighted by Gasteiger charge is -2.07. The molecule has 1 N–H and O–H groups in total. The molecule has 1 aromatic heterocycles. The Morgan fingerprint density at radius 2 is 2.22 bits per heavy atom. The Bertz CT molecular complexity index is 594. The minimum Gasteiger partial charge on any atom is -0.378 e. The van der Waals surface area contributed by atoms with E-state index < -0.39 is 5.82 Å². The van der Waals surface area contributed by atoms with Gasteiger partial charge in [-0.25, -0.2) is 4.39 Å². The molecule has 0 aliphatic heterocycles. The fourth-order valence-corrected chi connectivity index (χ4v) is 1.67. The molecule has 0 aliphatic carbocycles. The van der Waals surface area contributed by atoms with Crippen molar-refractivity contribution in [2.75, 3.05) is 5.32 Å². The van der Waals surface area contributed by atoms with Gasteiger partial charge in [-0.3, -0.25) is 0 Å². The summed E-state index contributed by atoms with van der Waals surface area (Å²) in [4.78, 5) is 0. The van der Waals surface area contributed by atoms with Crippen molar-refractivity contribution in [1.82, 2.24) is 5.16 Å². The van der Waals surface area contributed by atoms with E-state index in [0.29, 0.717) is 23.6 Å². The number of aromatic nitrogens is 1. The first kappa shape index (κ1) is 12.1. The number of aryl methyl sites for hydroxylation is 2. The Kier molecular flexibility index (Phi) is 3.28. The monoisotopic (exact) mass is 245 g/mol. The van der Waals surface area contributed by atoms with Gasteiger partial charge in [-0.05, 0) is 32.0 Å². The topological polar surface area (TPSA) is 61.9 Å². The number of nitrogens with one attached hydrogen (secondary N) is 1. The van der Waals surface area contributed by atoms with Gasteiger partial charge in [0.15, 0.2) is 0 Å². The molecule has 0 unspecified atom stereocenters. The molecule has 0 bridgehead atoms. The Labute approximate surface area is 104 Å². The first-order valence-electron chi connectivity index (χ1n) is 5.47. The second kappa shape index (κ2) is 4.88. The molecule has 5 heteroatoms. The van der Waals surface area contributed by atoms with E-state index in [-0.39, 0.29) is 0 Å². The summed E-state index contributed by atoms with van der Waals surface area (Å²) < 4.78 is 18.6. The van der Waals surface area contributed by atoms with Crippen LogP contribution in [0.3, 0.4) is 0 Å². The minimum absolute atomic E-state index is 0.301. The number of rotatable bonds is 3. The second-order valence-electron chi connectivity index (χ2n) is 3.96. The van der Waals surface area contributed by atoms with Crippen LogP contribution in [-0.2, 0) is 6.54 Å². The molecule has 0 fully saturated rings. The molecule has 0 saturated heterocycles. The van der Waals surface area contributed by atoms with Crippen molar-refractivity contribution in [3.8, 4) is 6.07 Å².